The molecule has 16 heteroatoms. The highest BCUT2D eigenvalue weighted by atomic mass is 35.5. The highest BCUT2D eigenvalue weighted by molar-refractivity contribution is 6.74. The van der Waals surface area contributed by atoms with Gasteiger partial charge in [-0.15, -0.1) is 24.0 Å². The van der Waals surface area contributed by atoms with Crippen LogP contribution in [0.5, 0.6) is 0 Å². The van der Waals surface area contributed by atoms with E-state index in [4.69, 9.17) is 21.9 Å². The van der Waals surface area contributed by atoms with Gasteiger partial charge in [0.25, 0.3) is 0 Å². The van der Waals surface area contributed by atoms with Crippen molar-refractivity contribution in [1.29, 1.82) is 0 Å². The average molecular weight is 962 g/mol. The van der Waals surface area contributed by atoms with Gasteiger partial charge in [-0.25, -0.2) is 0 Å². The average Bonchev–Trinajstić information content (AvgIpc) is 4.18. The number of aromatic nitrogens is 7. The number of hydrazine groups is 1. The molecule has 4 N–H and O–H groups in total. The van der Waals surface area contributed by atoms with Crippen LogP contribution in [0.4, 0.5) is 0 Å². The monoisotopic (exact) mass is 961 g/mol. The van der Waals surface area contributed by atoms with Gasteiger partial charge in [0.05, 0.1) is 48.1 Å². The molecule has 0 aliphatic heterocycles. The van der Waals surface area contributed by atoms with Crippen LogP contribution >= 0.6 is 24.0 Å². The normalized spacial score (nSPS) is 15.6. The summed E-state index contributed by atoms with van der Waals surface area (Å²) in [6.45, 7) is 11.5. The molecule has 0 spiro atoms. The van der Waals surface area contributed by atoms with Crippen molar-refractivity contribution in [1.82, 2.24) is 44.8 Å². The Bertz CT molecular complexity index is 2130. The van der Waals surface area contributed by atoms with Crippen LogP contribution < -0.4 is 11.3 Å². The number of halogens is 2. The summed E-state index contributed by atoms with van der Waals surface area (Å²) in [6, 6.07) is 17.1. The standard InChI is InChI=1S/C17H28N2O2Si.C14H16ClN3.C14H17N3O.C5H12N2.ClH/c1-17(2,3)22(6,7)21-13-14-9-8-11-18-16(14)15(20)10-12-19(4)5;15-10-11-4-3-8-16-14(11)13-7-9-17-18(13)12-5-1-2-6-12;18-10-11-4-3-8-15-14(11)13-7-9-16-17(13)12-5-1-2-6-12;6-7-5-3-1-2-4-5;/h8-12H,13H2,1-7H3;3-4,7-9,12H,1-2,5-6,10H2;3-4,7-9,12,18H,1-2,5-6,10H2;5,7H,1-4,6H2;1H/b12-10+;;;;. The number of allylic oxidation sites excluding steroid dienone is 1. The number of hydrogen-bond donors (Lipinski definition) is 3. The van der Waals surface area contributed by atoms with Crippen molar-refractivity contribution in [3.05, 3.63) is 114 Å². The van der Waals surface area contributed by atoms with E-state index in [-0.39, 0.29) is 29.8 Å². The number of hydrogen-bond acceptors (Lipinski definition) is 11. The summed E-state index contributed by atoms with van der Waals surface area (Å²) in [7, 11) is 1.91. The van der Waals surface area contributed by atoms with Crippen molar-refractivity contribution in [2.75, 3.05) is 14.1 Å². The predicted molar refractivity (Wildman–Crippen MR) is 272 cm³/mol. The van der Waals surface area contributed by atoms with E-state index in [2.05, 4.69) is 73.8 Å². The Morgan fingerprint density at radius 3 is 1.71 bits per heavy atom. The minimum absolute atomic E-state index is 0. The molecule has 8 rings (SSSR count). The maximum Gasteiger partial charge on any atom is 0.205 e. The van der Waals surface area contributed by atoms with Gasteiger partial charge in [-0.1, -0.05) is 77.5 Å². The summed E-state index contributed by atoms with van der Waals surface area (Å²) in [5.41, 5.74) is 9.95. The van der Waals surface area contributed by atoms with Gasteiger partial charge < -0.3 is 14.4 Å². The zero-order valence-electron chi connectivity index (χ0n) is 40.2. The molecule has 3 fully saturated rings. The van der Waals surface area contributed by atoms with Crippen LogP contribution in [0.25, 0.3) is 22.8 Å². The molecule has 0 amide bonds. The Morgan fingerprint density at radius 1 is 0.788 bits per heavy atom. The summed E-state index contributed by atoms with van der Waals surface area (Å²) in [5.74, 6) is 5.57. The van der Waals surface area contributed by atoms with Gasteiger partial charge in [-0.3, -0.25) is 40.4 Å². The van der Waals surface area contributed by atoms with Gasteiger partial charge in [0.2, 0.25) is 5.78 Å². The summed E-state index contributed by atoms with van der Waals surface area (Å²) in [6.07, 6.45) is 27.4. The van der Waals surface area contributed by atoms with E-state index in [1.807, 2.05) is 86.1 Å². The van der Waals surface area contributed by atoms with Crippen LogP contribution in [0.3, 0.4) is 0 Å². The molecule has 13 nitrogen and oxygen atoms in total. The Hall–Kier alpha value is -4.28. The summed E-state index contributed by atoms with van der Waals surface area (Å²) in [4.78, 5) is 27.2. The smallest absolute Gasteiger partial charge is 0.205 e. The molecule has 5 heterocycles. The van der Waals surface area contributed by atoms with Crippen LogP contribution in [0.1, 0.15) is 137 Å². The maximum atomic E-state index is 12.3. The molecule has 0 bridgehead atoms. The van der Waals surface area contributed by atoms with Crippen molar-refractivity contribution in [3.8, 4) is 22.8 Å². The van der Waals surface area contributed by atoms with Gasteiger partial charge in [0.15, 0.2) is 8.32 Å². The van der Waals surface area contributed by atoms with Gasteiger partial charge in [0.1, 0.15) is 5.69 Å². The molecule has 0 atom stereocenters. The van der Waals surface area contributed by atoms with Crippen molar-refractivity contribution < 1.29 is 14.3 Å². The van der Waals surface area contributed by atoms with E-state index in [1.54, 1.807) is 18.6 Å². The molecule has 3 aliphatic carbocycles. The van der Waals surface area contributed by atoms with Crippen LogP contribution in [0.15, 0.2) is 91.8 Å². The third kappa shape index (κ3) is 15.4. The molecule has 5 aromatic heterocycles. The van der Waals surface area contributed by atoms with Gasteiger partial charge >= 0.3 is 0 Å². The fourth-order valence-corrected chi connectivity index (χ4v) is 9.26. The maximum absolute atomic E-state index is 12.3. The van der Waals surface area contributed by atoms with E-state index < -0.39 is 8.32 Å². The largest absolute Gasteiger partial charge is 0.412 e. The van der Waals surface area contributed by atoms with Crippen molar-refractivity contribution in [3.63, 3.8) is 0 Å². The Balaban J connectivity index is 0.000000200. The molecule has 5 aromatic rings. The fourth-order valence-electron chi connectivity index (χ4n) is 8.10. The van der Waals surface area contributed by atoms with E-state index in [9.17, 15) is 9.90 Å². The van der Waals surface area contributed by atoms with Crippen molar-refractivity contribution >= 4 is 38.1 Å². The quantitative estimate of drug-likeness (QED) is 0.0257. The zero-order valence-corrected chi connectivity index (χ0v) is 42.8. The molecular weight excluding hydrogens is 888 g/mol. The minimum Gasteiger partial charge on any atom is -0.412 e. The number of aliphatic hydroxyl groups excluding tert-OH is 1. The number of nitrogens with one attached hydrogen (secondary N) is 1. The molecule has 0 aromatic carbocycles. The van der Waals surface area contributed by atoms with Gasteiger partial charge in [-0.05, 0) is 92.6 Å². The molecule has 66 heavy (non-hydrogen) atoms. The van der Waals surface area contributed by atoms with E-state index >= 15 is 0 Å². The summed E-state index contributed by atoms with van der Waals surface area (Å²) < 4.78 is 10.4. The second kappa shape index (κ2) is 26.9. The lowest BCUT2D eigenvalue weighted by atomic mass is 10.1. The van der Waals surface area contributed by atoms with E-state index in [1.165, 1.54) is 83.1 Å². The molecule has 3 aliphatic rings. The van der Waals surface area contributed by atoms with Crippen LogP contribution in [0, 0.1) is 0 Å². The number of ketones is 1. The number of pyridine rings is 3. The first kappa shape index (κ1) is 54.3. The molecule has 0 saturated heterocycles. The van der Waals surface area contributed by atoms with Gasteiger partial charge in [0, 0.05) is 80.4 Å². The van der Waals surface area contributed by atoms with Gasteiger partial charge in [-0.2, -0.15) is 10.2 Å². The number of alkyl halides is 1. The molecule has 0 unspecified atom stereocenters. The Morgan fingerprint density at radius 2 is 1.26 bits per heavy atom. The SMILES string of the molecule is CN(C)/C=C/C(=O)c1ncccc1CO[Si](C)(C)C(C)(C)C.Cl.ClCc1cccnc1-c1ccnn1C1CCCC1.NNC1CCCC1.OCc1cccnc1-c1ccnn1C1CCCC1. The van der Waals surface area contributed by atoms with Crippen LogP contribution in [-0.4, -0.2) is 78.8 Å². The fraction of sp³-hybridized carbons (Fsp3) is 0.520. The zero-order chi connectivity index (χ0) is 46.8. The highest BCUT2D eigenvalue weighted by Gasteiger charge is 2.37. The van der Waals surface area contributed by atoms with Crippen molar-refractivity contribution in [2.24, 2.45) is 5.84 Å². The number of carbonyl (C=O) groups excluding carboxylic acids is 1. The third-order valence-corrected chi connectivity index (χ3v) is 17.7. The molecule has 360 valence electrons. The van der Waals surface area contributed by atoms with E-state index in [0.29, 0.717) is 36.3 Å². The topological polar surface area (TPSA) is 162 Å². The Kier molecular flexibility index (Phi) is 22.1. The first-order valence-electron chi connectivity index (χ1n) is 23.3. The lowest BCUT2D eigenvalue weighted by Crippen LogP contribution is -2.40. The van der Waals surface area contributed by atoms with Crippen LogP contribution in [0.2, 0.25) is 18.1 Å². The molecular formula is C50H74Cl2N10O3Si. The lowest BCUT2D eigenvalue weighted by molar-refractivity contribution is 0.103. The predicted octanol–water partition coefficient (Wildman–Crippen LogP) is 11.0. The van der Waals surface area contributed by atoms with Crippen LogP contribution in [-0.2, 0) is 23.5 Å². The first-order chi connectivity index (χ1) is 31.3. The summed E-state index contributed by atoms with van der Waals surface area (Å²) in [5, 5.41) is 18.5. The molecule has 3 saturated carbocycles. The second-order valence-corrected chi connectivity index (χ2v) is 23.9. The van der Waals surface area contributed by atoms with Crippen molar-refractivity contribution in [2.45, 2.75) is 153 Å². The number of aliphatic hydroxyl groups is 1. The number of nitrogens with two attached hydrogens (primary N) is 1. The third-order valence-electron chi connectivity index (χ3n) is 12.9. The lowest BCUT2D eigenvalue weighted by Gasteiger charge is -2.36. The molecule has 0 radical (unpaired) electrons. The van der Waals surface area contributed by atoms with E-state index in [0.717, 1.165) is 39.5 Å². The number of rotatable bonds is 13. The minimum atomic E-state index is -1.85. The number of nitrogens with zero attached hydrogens (tertiary/aromatic N) is 8. The highest BCUT2D eigenvalue weighted by Crippen LogP contribution is 2.38. The Labute approximate surface area is 405 Å². The number of carbonyl (C=O) groups is 1. The summed E-state index contributed by atoms with van der Waals surface area (Å²) >= 11 is 5.99. The second-order valence-electron chi connectivity index (χ2n) is 18.9. The first-order valence-corrected chi connectivity index (χ1v) is 26.8.